The van der Waals surface area contributed by atoms with Gasteiger partial charge in [0, 0.05) is 11.4 Å². The van der Waals surface area contributed by atoms with Crippen molar-refractivity contribution in [2.24, 2.45) is 5.92 Å². The summed E-state index contributed by atoms with van der Waals surface area (Å²) < 4.78 is 0. The summed E-state index contributed by atoms with van der Waals surface area (Å²) in [6.07, 6.45) is 2.63. The van der Waals surface area contributed by atoms with E-state index in [-0.39, 0.29) is 0 Å². The van der Waals surface area contributed by atoms with Gasteiger partial charge in [0.1, 0.15) is 0 Å². The van der Waals surface area contributed by atoms with Gasteiger partial charge in [0.2, 0.25) is 0 Å². The first-order valence-corrected chi connectivity index (χ1v) is 6.54. The highest BCUT2D eigenvalue weighted by molar-refractivity contribution is 9.09. The van der Waals surface area contributed by atoms with E-state index in [1.807, 2.05) is 0 Å². The number of hydrogen-bond donors (Lipinski definition) is 0. The molecule has 0 heterocycles. The van der Waals surface area contributed by atoms with Crippen molar-refractivity contribution >= 4 is 15.9 Å². The average Bonchev–Trinajstić information content (AvgIpc) is 2.05. The maximum Gasteiger partial charge on any atom is 0.00384 e. The van der Waals surface area contributed by atoms with Crippen LogP contribution in [0.3, 0.4) is 0 Å². The molecule has 0 aliphatic rings. The molecular weight excluding hydrogens is 226 g/mol. The largest absolute Gasteiger partial charge is 0.301 e. The van der Waals surface area contributed by atoms with Crippen LogP contribution in [0.2, 0.25) is 0 Å². The van der Waals surface area contributed by atoms with Gasteiger partial charge in [-0.3, -0.25) is 0 Å². The summed E-state index contributed by atoms with van der Waals surface area (Å²) in [5, 5.41) is 1.14. The summed E-state index contributed by atoms with van der Waals surface area (Å²) in [5.74, 6) is 0.854. The van der Waals surface area contributed by atoms with E-state index in [9.17, 15) is 0 Å². The van der Waals surface area contributed by atoms with Crippen molar-refractivity contribution in [1.82, 2.24) is 4.90 Å². The van der Waals surface area contributed by atoms with Crippen LogP contribution < -0.4 is 0 Å². The molecule has 1 atom stereocenters. The summed E-state index contributed by atoms with van der Waals surface area (Å²) in [6, 6.07) is 0.696. The Morgan fingerprint density at radius 1 is 1.15 bits per heavy atom. The highest BCUT2D eigenvalue weighted by Crippen LogP contribution is 2.11. The van der Waals surface area contributed by atoms with E-state index >= 15 is 0 Å². The summed E-state index contributed by atoms with van der Waals surface area (Å²) in [4.78, 5) is 2.53. The first kappa shape index (κ1) is 13.4. The van der Waals surface area contributed by atoms with E-state index in [1.54, 1.807) is 0 Å². The van der Waals surface area contributed by atoms with Crippen LogP contribution in [-0.2, 0) is 0 Å². The third-order valence-corrected chi connectivity index (χ3v) is 3.11. The fourth-order valence-corrected chi connectivity index (χ4v) is 2.28. The first-order valence-electron chi connectivity index (χ1n) is 5.41. The van der Waals surface area contributed by atoms with Crippen molar-refractivity contribution in [3.05, 3.63) is 0 Å². The number of alkyl halides is 1. The van der Waals surface area contributed by atoms with E-state index in [1.165, 1.54) is 25.9 Å². The minimum atomic E-state index is 0.696. The van der Waals surface area contributed by atoms with Gasteiger partial charge in [-0.1, -0.05) is 29.8 Å². The van der Waals surface area contributed by atoms with E-state index in [0.29, 0.717) is 6.04 Å². The number of rotatable bonds is 7. The number of hydrogen-bond acceptors (Lipinski definition) is 1. The van der Waals surface area contributed by atoms with Crippen molar-refractivity contribution in [2.45, 2.75) is 46.6 Å². The Labute approximate surface area is 92.0 Å². The van der Waals surface area contributed by atoms with Gasteiger partial charge in [0.05, 0.1) is 0 Å². The predicted octanol–water partition coefficient (Wildman–Crippen LogP) is 3.53. The fraction of sp³-hybridized carbons (Fsp3) is 1.00. The molecule has 0 fully saturated rings. The summed E-state index contributed by atoms with van der Waals surface area (Å²) >= 11 is 3.49. The second-order valence-electron chi connectivity index (χ2n) is 4.09. The lowest BCUT2D eigenvalue weighted by molar-refractivity contribution is 0.217. The standard InChI is InChI=1S/C11H24BrN/c1-5-13(10(2)3)9-7-11(4)6-8-12/h10-11H,5-9H2,1-4H3. The maximum absolute atomic E-state index is 3.49. The van der Waals surface area contributed by atoms with E-state index in [4.69, 9.17) is 0 Å². The molecule has 0 aromatic carbocycles. The normalized spacial score (nSPS) is 14.1. The van der Waals surface area contributed by atoms with Crippen molar-refractivity contribution in [3.8, 4) is 0 Å². The molecule has 0 saturated carbocycles. The Hall–Kier alpha value is 0.440. The molecule has 0 aromatic rings. The van der Waals surface area contributed by atoms with Crippen molar-refractivity contribution < 1.29 is 0 Å². The SMILES string of the molecule is CCN(CCC(C)CCBr)C(C)C. The molecule has 0 saturated heterocycles. The topological polar surface area (TPSA) is 3.24 Å². The monoisotopic (exact) mass is 249 g/mol. The molecule has 0 aliphatic heterocycles. The zero-order valence-electron chi connectivity index (χ0n) is 9.52. The van der Waals surface area contributed by atoms with E-state index < -0.39 is 0 Å². The molecule has 2 heteroatoms. The molecule has 0 radical (unpaired) electrons. The van der Waals surface area contributed by atoms with Gasteiger partial charge < -0.3 is 4.90 Å². The molecule has 0 aromatic heterocycles. The van der Waals surface area contributed by atoms with Crippen LogP contribution in [-0.4, -0.2) is 29.4 Å². The third kappa shape index (κ3) is 6.50. The van der Waals surface area contributed by atoms with Crippen LogP contribution in [0, 0.1) is 5.92 Å². The smallest absolute Gasteiger partial charge is 0.00384 e. The van der Waals surface area contributed by atoms with Gasteiger partial charge in [-0.25, -0.2) is 0 Å². The van der Waals surface area contributed by atoms with Crippen LogP contribution >= 0.6 is 15.9 Å². The van der Waals surface area contributed by atoms with Gasteiger partial charge in [-0.2, -0.15) is 0 Å². The molecule has 0 aliphatic carbocycles. The summed E-state index contributed by atoms with van der Waals surface area (Å²) in [6.45, 7) is 11.6. The molecule has 0 N–H and O–H groups in total. The van der Waals surface area contributed by atoms with Crippen LogP contribution in [0.25, 0.3) is 0 Å². The number of nitrogens with zero attached hydrogens (tertiary/aromatic N) is 1. The van der Waals surface area contributed by atoms with Gasteiger partial charge in [-0.05, 0) is 45.7 Å². The zero-order valence-corrected chi connectivity index (χ0v) is 11.1. The minimum Gasteiger partial charge on any atom is -0.301 e. The average molecular weight is 250 g/mol. The lowest BCUT2D eigenvalue weighted by Crippen LogP contribution is -2.32. The molecule has 0 bridgehead atoms. The predicted molar refractivity (Wildman–Crippen MR) is 64.6 cm³/mol. The Kier molecular flexibility index (Phi) is 8.07. The lowest BCUT2D eigenvalue weighted by Gasteiger charge is -2.25. The first-order chi connectivity index (χ1) is 6.11. The number of halogens is 1. The molecule has 0 amide bonds. The molecule has 13 heavy (non-hydrogen) atoms. The highest BCUT2D eigenvalue weighted by atomic mass is 79.9. The van der Waals surface area contributed by atoms with Crippen molar-refractivity contribution in [2.75, 3.05) is 18.4 Å². The summed E-state index contributed by atoms with van der Waals surface area (Å²) in [5.41, 5.74) is 0. The quantitative estimate of drug-likeness (QED) is 0.625. The molecule has 1 unspecified atom stereocenters. The Bertz CT molecular complexity index is 115. The summed E-state index contributed by atoms with van der Waals surface area (Å²) in [7, 11) is 0. The van der Waals surface area contributed by atoms with Crippen molar-refractivity contribution in [1.29, 1.82) is 0 Å². The maximum atomic E-state index is 3.49. The van der Waals surface area contributed by atoms with Crippen LogP contribution in [0.5, 0.6) is 0 Å². The fourth-order valence-electron chi connectivity index (χ4n) is 1.50. The van der Waals surface area contributed by atoms with E-state index in [2.05, 4.69) is 48.5 Å². The van der Waals surface area contributed by atoms with Crippen LogP contribution in [0.1, 0.15) is 40.5 Å². The van der Waals surface area contributed by atoms with Gasteiger partial charge in [0.15, 0.2) is 0 Å². The Balaban J connectivity index is 3.59. The molecule has 0 spiro atoms. The van der Waals surface area contributed by atoms with Crippen LogP contribution in [0.4, 0.5) is 0 Å². The molecular formula is C11H24BrN. The molecule has 1 nitrogen and oxygen atoms in total. The molecule has 0 rings (SSSR count). The highest BCUT2D eigenvalue weighted by Gasteiger charge is 2.08. The second kappa shape index (κ2) is 7.81. The van der Waals surface area contributed by atoms with Crippen LogP contribution in [0.15, 0.2) is 0 Å². The third-order valence-electron chi connectivity index (χ3n) is 2.65. The second-order valence-corrected chi connectivity index (χ2v) is 4.89. The van der Waals surface area contributed by atoms with Gasteiger partial charge >= 0.3 is 0 Å². The minimum absolute atomic E-state index is 0.696. The van der Waals surface area contributed by atoms with Crippen molar-refractivity contribution in [3.63, 3.8) is 0 Å². The Morgan fingerprint density at radius 3 is 2.15 bits per heavy atom. The van der Waals surface area contributed by atoms with Gasteiger partial charge in [0.25, 0.3) is 0 Å². The van der Waals surface area contributed by atoms with Gasteiger partial charge in [-0.15, -0.1) is 0 Å². The lowest BCUT2D eigenvalue weighted by atomic mass is 10.0. The Morgan fingerprint density at radius 2 is 1.77 bits per heavy atom. The molecule has 80 valence electrons. The zero-order chi connectivity index (χ0) is 10.3. The van der Waals surface area contributed by atoms with E-state index in [0.717, 1.165) is 11.2 Å².